The van der Waals surface area contributed by atoms with E-state index in [0.29, 0.717) is 0 Å². The average molecular weight is 185 g/mol. The Balaban J connectivity index is 1.67. The van der Waals surface area contributed by atoms with Crippen LogP contribution in [0, 0.1) is 0 Å². The van der Waals surface area contributed by atoms with E-state index in [-0.39, 0.29) is 0 Å². The number of aliphatic imine (C=N–C) groups is 1. The fourth-order valence-electron chi connectivity index (χ4n) is 1.53. The summed E-state index contributed by atoms with van der Waals surface area (Å²) < 4.78 is 0. The van der Waals surface area contributed by atoms with Gasteiger partial charge in [-0.3, -0.25) is 4.99 Å². The van der Waals surface area contributed by atoms with E-state index >= 15 is 0 Å². The van der Waals surface area contributed by atoms with Crippen LogP contribution in [-0.2, 0) is 0 Å². The monoisotopic (exact) mass is 185 g/mol. The van der Waals surface area contributed by atoms with Crippen molar-refractivity contribution in [3.63, 3.8) is 0 Å². The maximum atomic E-state index is 4.28. The van der Waals surface area contributed by atoms with Gasteiger partial charge in [-0.2, -0.15) is 11.8 Å². The van der Waals surface area contributed by atoms with Crippen molar-refractivity contribution in [1.29, 1.82) is 0 Å². The summed E-state index contributed by atoms with van der Waals surface area (Å²) in [7, 11) is 0. The zero-order valence-electron chi connectivity index (χ0n) is 7.18. The van der Waals surface area contributed by atoms with Crippen molar-refractivity contribution in [3.05, 3.63) is 0 Å². The van der Waals surface area contributed by atoms with Crippen LogP contribution in [0.1, 0.15) is 12.8 Å². The number of nitrogens with one attached hydrogen (secondary N) is 2. The summed E-state index contributed by atoms with van der Waals surface area (Å²) in [6.45, 7) is 3.01. The minimum absolute atomic E-state index is 0.815. The summed E-state index contributed by atoms with van der Waals surface area (Å²) >= 11 is 2.08. The van der Waals surface area contributed by atoms with E-state index in [0.717, 1.165) is 30.8 Å². The van der Waals surface area contributed by atoms with E-state index in [1.54, 1.807) is 0 Å². The second-order valence-electron chi connectivity index (χ2n) is 3.17. The zero-order valence-corrected chi connectivity index (χ0v) is 7.99. The van der Waals surface area contributed by atoms with Gasteiger partial charge in [-0.25, -0.2) is 0 Å². The molecule has 0 aromatic heterocycles. The predicted octanol–water partition coefficient (Wildman–Crippen LogP) is 0.431. The van der Waals surface area contributed by atoms with Crippen molar-refractivity contribution in [2.45, 2.75) is 18.1 Å². The highest BCUT2D eigenvalue weighted by Crippen LogP contribution is 2.25. The van der Waals surface area contributed by atoms with Gasteiger partial charge in [-0.05, 0) is 18.6 Å². The van der Waals surface area contributed by atoms with Gasteiger partial charge in [0.25, 0.3) is 0 Å². The topological polar surface area (TPSA) is 36.4 Å². The van der Waals surface area contributed by atoms with Gasteiger partial charge in [0.1, 0.15) is 0 Å². The van der Waals surface area contributed by atoms with Crippen LogP contribution < -0.4 is 10.6 Å². The molecule has 0 bridgehead atoms. The number of rotatable bonds is 2. The Morgan fingerprint density at radius 2 is 2.67 bits per heavy atom. The molecule has 2 N–H and O–H groups in total. The van der Waals surface area contributed by atoms with Crippen molar-refractivity contribution in [2.24, 2.45) is 4.99 Å². The molecule has 1 fully saturated rings. The second kappa shape index (κ2) is 4.03. The van der Waals surface area contributed by atoms with Gasteiger partial charge >= 0.3 is 0 Å². The first-order valence-corrected chi connectivity index (χ1v) is 5.64. The first kappa shape index (κ1) is 8.23. The van der Waals surface area contributed by atoms with Crippen LogP contribution in [0.2, 0.25) is 0 Å². The molecule has 1 saturated heterocycles. The molecule has 0 aromatic carbocycles. The first-order valence-electron chi connectivity index (χ1n) is 4.59. The number of guanidine groups is 1. The average Bonchev–Trinajstić information content (AvgIpc) is 2.74. The lowest BCUT2D eigenvalue weighted by molar-refractivity contribution is 0.738. The number of thioether (sulfide) groups is 1. The molecule has 3 nitrogen and oxygen atoms in total. The molecule has 0 aliphatic carbocycles. The van der Waals surface area contributed by atoms with Gasteiger partial charge in [-0.15, -0.1) is 0 Å². The van der Waals surface area contributed by atoms with E-state index in [9.17, 15) is 0 Å². The Labute approximate surface area is 77.4 Å². The molecule has 0 saturated carbocycles. The molecule has 2 aliphatic heterocycles. The lowest BCUT2D eigenvalue weighted by atomic mass is 10.2. The SMILES string of the molecule is C1CSC(CNC2=NCCN2)C1. The second-order valence-corrected chi connectivity index (χ2v) is 4.58. The highest BCUT2D eigenvalue weighted by molar-refractivity contribution is 8.00. The molecule has 2 aliphatic rings. The summed E-state index contributed by atoms with van der Waals surface area (Å²) in [4.78, 5) is 4.28. The quantitative estimate of drug-likeness (QED) is 0.655. The highest BCUT2D eigenvalue weighted by atomic mass is 32.2. The van der Waals surface area contributed by atoms with E-state index in [2.05, 4.69) is 27.4 Å². The lowest BCUT2D eigenvalue weighted by Gasteiger charge is -2.10. The van der Waals surface area contributed by atoms with E-state index in [1.165, 1.54) is 18.6 Å². The molecule has 0 spiro atoms. The van der Waals surface area contributed by atoms with Crippen LogP contribution >= 0.6 is 11.8 Å². The molecule has 0 radical (unpaired) electrons. The Morgan fingerprint density at radius 3 is 3.33 bits per heavy atom. The molecule has 4 heteroatoms. The molecular formula is C8H15N3S. The molecule has 68 valence electrons. The molecule has 0 amide bonds. The molecule has 0 aromatic rings. The Bertz CT molecular complexity index is 175. The van der Waals surface area contributed by atoms with Crippen molar-refractivity contribution >= 4 is 17.7 Å². The molecular weight excluding hydrogens is 170 g/mol. The number of hydrogen-bond acceptors (Lipinski definition) is 4. The minimum atomic E-state index is 0.815. The maximum absolute atomic E-state index is 4.28. The van der Waals surface area contributed by atoms with Crippen molar-refractivity contribution in [1.82, 2.24) is 10.6 Å². The number of nitrogens with zero attached hydrogens (tertiary/aromatic N) is 1. The van der Waals surface area contributed by atoms with Gasteiger partial charge < -0.3 is 10.6 Å². The van der Waals surface area contributed by atoms with Gasteiger partial charge in [0, 0.05) is 18.3 Å². The summed E-state index contributed by atoms with van der Waals surface area (Å²) in [6, 6.07) is 0. The van der Waals surface area contributed by atoms with Crippen molar-refractivity contribution in [3.8, 4) is 0 Å². The maximum Gasteiger partial charge on any atom is 0.191 e. The largest absolute Gasteiger partial charge is 0.355 e. The molecule has 2 rings (SSSR count). The van der Waals surface area contributed by atoms with E-state index < -0.39 is 0 Å². The number of hydrogen-bond donors (Lipinski definition) is 2. The van der Waals surface area contributed by atoms with Crippen molar-refractivity contribution in [2.75, 3.05) is 25.4 Å². The first-order chi connectivity index (χ1) is 5.95. The van der Waals surface area contributed by atoms with Gasteiger partial charge in [-0.1, -0.05) is 0 Å². The smallest absolute Gasteiger partial charge is 0.191 e. The van der Waals surface area contributed by atoms with E-state index in [1.807, 2.05) is 0 Å². The standard InChI is InChI=1S/C8H15N3S/c1-2-7(12-5-1)6-11-8-9-3-4-10-8/h7H,1-6H2,(H2,9,10,11). The Kier molecular flexibility index (Phi) is 2.76. The third-order valence-electron chi connectivity index (χ3n) is 2.20. The molecule has 1 atom stereocenters. The van der Waals surface area contributed by atoms with Gasteiger partial charge in [0.2, 0.25) is 0 Å². The third-order valence-corrected chi connectivity index (χ3v) is 3.59. The molecule has 12 heavy (non-hydrogen) atoms. The molecule has 2 heterocycles. The summed E-state index contributed by atoms with van der Waals surface area (Å²) in [5.74, 6) is 2.34. The summed E-state index contributed by atoms with van der Waals surface area (Å²) in [6.07, 6.45) is 2.75. The molecule has 1 unspecified atom stereocenters. The van der Waals surface area contributed by atoms with Gasteiger partial charge in [0.05, 0.1) is 6.54 Å². The zero-order chi connectivity index (χ0) is 8.23. The van der Waals surface area contributed by atoms with Crippen LogP contribution in [0.3, 0.4) is 0 Å². The van der Waals surface area contributed by atoms with E-state index in [4.69, 9.17) is 0 Å². The minimum Gasteiger partial charge on any atom is -0.355 e. The normalized spacial score (nSPS) is 28.3. The van der Waals surface area contributed by atoms with Gasteiger partial charge in [0.15, 0.2) is 5.96 Å². The van der Waals surface area contributed by atoms with Crippen LogP contribution in [0.25, 0.3) is 0 Å². The fraction of sp³-hybridized carbons (Fsp3) is 0.875. The fourth-order valence-corrected chi connectivity index (χ4v) is 2.73. The van der Waals surface area contributed by atoms with Crippen molar-refractivity contribution < 1.29 is 0 Å². The van der Waals surface area contributed by atoms with Crippen LogP contribution in [0.15, 0.2) is 4.99 Å². The van der Waals surface area contributed by atoms with Crippen LogP contribution in [0.5, 0.6) is 0 Å². The van der Waals surface area contributed by atoms with Crippen LogP contribution in [0.4, 0.5) is 0 Å². The highest BCUT2D eigenvalue weighted by Gasteiger charge is 2.15. The van der Waals surface area contributed by atoms with Crippen LogP contribution in [-0.4, -0.2) is 36.6 Å². The lowest BCUT2D eigenvalue weighted by Crippen LogP contribution is -2.37. The summed E-state index contributed by atoms with van der Waals surface area (Å²) in [5, 5.41) is 7.37. The predicted molar refractivity (Wildman–Crippen MR) is 53.8 cm³/mol. The Morgan fingerprint density at radius 1 is 1.67 bits per heavy atom. The third kappa shape index (κ3) is 2.06. The summed E-state index contributed by atoms with van der Waals surface area (Å²) in [5.41, 5.74) is 0. The Hall–Kier alpha value is -0.380.